The van der Waals surface area contributed by atoms with E-state index in [0.29, 0.717) is 5.41 Å². The first-order valence-electron chi connectivity index (χ1n) is 14.2. The Labute approximate surface area is 187 Å². The average molecular weight is 409 g/mol. The maximum atomic E-state index is 2.42. The molecule has 176 valence electrons. The molecule has 0 heterocycles. The minimum atomic E-state index is 0.672. The van der Waals surface area contributed by atoms with Gasteiger partial charge in [0, 0.05) is 0 Å². The smallest absolute Gasteiger partial charge is 0.0303 e. The van der Waals surface area contributed by atoms with Gasteiger partial charge in [-0.25, -0.2) is 0 Å². The molecule has 0 bridgehead atoms. The van der Waals surface area contributed by atoms with E-state index in [4.69, 9.17) is 0 Å². The second-order valence-electron chi connectivity index (χ2n) is 10.1. The van der Waals surface area contributed by atoms with Gasteiger partial charge in [0.2, 0.25) is 0 Å². The first kappa shape index (κ1) is 29.0. The van der Waals surface area contributed by atoms with Crippen LogP contribution in [0.2, 0.25) is 0 Å². The van der Waals surface area contributed by atoms with Crippen LogP contribution in [-0.2, 0) is 0 Å². The molecule has 0 spiro atoms. The van der Waals surface area contributed by atoms with E-state index < -0.39 is 0 Å². The van der Waals surface area contributed by atoms with Gasteiger partial charge >= 0.3 is 0 Å². The summed E-state index contributed by atoms with van der Waals surface area (Å²) in [6.45, 7) is 9.49. The van der Waals surface area contributed by atoms with Crippen LogP contribution in [0, 0.1) is 5.41 Å². The second kappa shape index (κ2) is 22.7. The first-order valence-corrected chi connectivity index (χ1v) is 14.2. The van der Waals surface area contributed by atoms with Crippen molar-refractivity contribution in [1.82, 2.24) is 0 Å². The van der Waals surface area contributed by atoms with Gasteiger partial charge in [0.05, 0.1) is 0 Å². The topological polar surface area (TPSA) is 0 Å². The predicted octanol–water partition coefficient (Wildman–Crippen LogP) is 11.4. The van der Waals surface area contributed by atoms with E-state index in [-0.39, 0.29) is 0 Å². The highest BCUT2D eigenvalue weighted by Gasteiger charge is 2.24. The van der Waals surface area contributed by atoms with Crippen molar-refractivity contribution in [1.29, 1.82) is 0 Å². The van der Waals surface area contributed by atoms with Crippen molar-refractivity contribution in [3.63, 3.8) is 0 Å². The zero-order chi connectivity index (χ0) is 21.5. The van der Waals surface area contributed by atoms with Crippen molar-refractivity contribution in [2.75, 3.05) is 0 Å². The molecule has 0 aliphatic heterocycles. The third-order valence-corrected chi connectivity index (χ3v) is 7.62. The maximum absolute atomic E-state index is 2.42. The molecule has 0 unspecified atom stereocenters. The number of unbranched alkanes of at least 4 members (excludes halogenated alkanes) is 18. The largest absolute Gasteiger partial charge is 0.0654 e. The van der Waals surface area contributed by atoms with Crippen molar-refractivity contribution >= 4 is 0 Å². The summed E-state index contributed by atoms with van der Waals surface area (Å²) in [5.41, 5.74) is 0.672. The molecule has 0 aliphatic rings. The Morgan fingerprint density at radius 1 is 0.310 bits per heavy atom. The van der Waals surface area contributed by atoms with Crippen LogP contribution in [0.5, 0.6) is 0 Å². The molecule has 0 aromatic heterocycles. The molecule has 0 radical (unpaired) electrons. The van der Waals surface area contributed by atoms with E-state index in [1.807, 2.05) is 0 Å². The molecule has 0 atom stereocenters. The van der Waals surface area contributed by atoms with Crippen LogP contribution < -0.4 is 0 Å². The van der Waals surface area contributed by atoms with Gasteiger partial charge in [-0.2, -0.15) is 0 Å². The number of hydrogen-bond acceptors (Lipinski definition) is 0. The minimum Gasteiger partial charge on any atom is -0.0654 e. The van der Waals surface area contributed by atoms with Crippen LogP contribution in [0.25, 0.3) is 0 Å². The van der Waals surface area contributed by atoms with Gasteiger partial charge in [-0.15, -0.1) is 0 Å². The fourth-order valence-corrected chi connectivity index (χ4v) is 5.04. The minimum absolute atomic E-state index is 0.672. The Balaban J connectivity index is 3.31. The van der Waals surface area contributed by atoms with Crippen molar-refractivity contribution in [3.05, 3.63) is 0 Å². The van der Waals surface area contributed by atoms with Gasteiger partial charge in [-0.05, 0) is 18.3 Å². The molecular weight excluding hydrogens is 348 g/mol. The lowest BCUT2D eigenvalue weighted by molar-refractivity contribution is 0.204. The summed E-state index contributed by atoms with van der Waals surface area (Å²) < 4.78 is 0. The number of hydrogen-bond donors (Lipinski definition) is 0. The van der Waals surface area contributed by atoms with E-state index in [2.05, 4.69) is 27.7 Å². The molecular formula is C29H60. The van der Waals surface area contributed by atoms with Crippen LogP contribution >= 0.6 is 0 Å². The third-order valence-electron chi connectivity index (χ3n) is 7.62. The molecule has 0 aliphatic carbocycles. The fraction of sp³-hybridized carbons (Fsp3) is 1.00. The number of rotatable bonds is 24. The Morgan fingerprint density at radius 2 is 0.586 bits per heavy atom. The molecule has 0 N–H and O–H groups in total. The molecule has 0 aromatic rings. The highest BCUT2D eigenvalue weighted by Crippen LogP contribution is 2.38. The summed E-state index contributed by atoms with van der Waals surface area (Å²) in [5, 5.41) is 0. The molecule has 0 aromatic carbocycles. The average Bonchev–Trinajstić information content (AvgIpc) is 2.75. The summed E-state index contributed by atoms with van der Waals surface area (Å²) >= 11 is 0. The highest BCUT2D eigenvalue weighted by molar-refractivity contribution is 4.76. The van der Waals surface area contributed by atoms with E-state index in [1.165, 1.54) is 154 Å². The molecule has 0 nitrogen and oxygen atoms in total. The van der Waals surface area contributed by atoms with Crippen LogP contribution in [-0.4, -0.2) is 0 Å². The summed E-state index contributed by atoms with van der Waals surface area (Å²) in [6.07, 6.45) is 35.1. The SMILES string of the molecule is CCCCCCCCCCCCCCCCCCCCC(CC)(CC)CCCC. The van der Waals surface area contributed by atoms with E-state index >= 15 is 0 Å². The Kier molecular flexibility index (Phi) is 22.7. The van der Waals surface area contributed by atoms with Crippen molar-refractivity contribution in [3.8, 4) is 0 Å². The third kappa shape index (κ3) is 18.5. The van der Waals surface area contributed by atoms with Gasteiger partial charge < -0.3 is 0 Å². The Morgan fingerprint density at radius 3 is 0.897 bits per heavy atom. The molecule has 0 saturated heterocycles. The standard InChI is InChI=1S/C29H60/c1-5-9-11-12-13-14-15-16-17-18-19-20-21-22-23-24-25-26-28-29(7-3,8-4)27-10-6-2/h5-28H2,1-4H3. The van der Waals surface area contributed by atoms with Crippen molar-refractivity contribution in [2.45, 2.75) is 182 Å². The molecule has 29 heavy (non-hydrogen) atoms. The first-order chi connectivity index (χ1) is 14.2. The van der Waals surface area contributed by atoms with Crippen LogP contribution in [0.1, 0.15) is 182 Å². The quantitative estimate of drug-likeness (QED) is 0.139. The lowest BCUT2D eigenvalue weighted by Gasteiger charge is -2.32. The van der Waals surface area contributed by atoms with Crippen LogP contribution in [0.15, 0.2) is 0 Å². The van der Waals surface area contributed by atoms with Crippen molar-refractivity contribution in [2.24, 2.45) is 5.41 Å². The highest BCUT2D eigenvalue weighted by atomic mass is 14.3. The second-order valence-corrected chi connectivity index (χ2v) is 10.1. The molecule has 0 saturated carbocycles. The monoisotopic (exact) mass is 408 g/mol. The van der Waals surface area contributed by atoms with Gasteiger partial charge in [-0.3, -0.25) is 0 Å². The van der Waals surface area contributed by atoms with E-state index in [9.17, 15) is 0 Å². The summed E-state index contributed by atoms with van der Waals surface area (Å²) in [6, 6.07) is 0. The van der Waals surface area contributed by atoms with Crippen molar-refractivity contribution < 1.29 is 0 Å². The normalized spacial score (nSPS) is 12.0. The summed E-state index contributed by atoms with van der Waals surface area (Å²) in [4.78, 5) is 0. The van der Waals surface area contributed by atoms with Crippen LogP contribution in [0.4, 0.5) is 0 Å². The molecule has 0 amide bonds. The molecule has 0 fully saturated rings. The summed E-state index contributed by atoms with van der Waals surface area (Å²) in [7, 11) is 0. The molecule has 0 rings (SSSR count). The van der Waals surface area contributed by atoms with Gasteiger partial charge in [-0.1, -0.05) is 169 Å². The zero-order valence-electron chi connectivity index (χ0n) is 21.5. The predicted molar refractivity (Wildman–Crippen MR) is 136 cm³/mol. The lowest BCUT2D eigenvalue weighted by Crippen LogP contribution is -2.18. The maximum Gasteiger partial charge on any atom is -0.0303 e. The zero-order valence-corrected chi connectivity index (χ0v) is 21.5. The summed E-state index contributed by atoms with van der Waals surface area (Å²) in [5.74, 6) is 0. The lowest BCUT2D eigenvalue weighted by atomic mass is 9.74. The van der Waals surface area contributed by atoms with Crippen LogP contribution in [0.3, 0.4) is 0 Å². The van der Waals surface area contributed by atoms with Gasteiger partial charge in [0.15, 0.2) is 0 Å². The van der Waals surface area contributed by atoms with E-state index in [1.54, 1.807) is 0 Å². The Hall–Kier alpha value is 0. The molecule has 0 heteroatoms. The fourth-order valence-electron chi connectivity index (χ4n) is 5.04. The van der Waals surface area contributed by atoms with Gasteiger partial charge in [0.1, 0.15) is 0 Å². The Bertz CT molecular complexity index is 288. The van der Waals surface area contributed by atoms with Gasteiger partial charge in [0.25, 0.3) is 0 Å². The van der Waals surface area contributed by atoms with E-state index in [0.717, 1.165) is 0 Å².